The van der Waals surface area contributed by atoms with Crippen molar-refractivity contribution in [2.24, 2.45) is 5.73 Å². The van der Waals surface area contributed by atoms with E-state index in [1.165, 1.54) is 12.1 Å². The van der Waals surface area contributed by atoms with Crippen LogP contribution < -0.4 is 5.73 Å². The Morgan fingerprint density at radius 1 is 1.39 bits per heavy atom. The molecule has 0 amide bonds. The van der Waals surface area contributed by atoms with Crippen LogP contribution in [-0.2, 0) is 0 Å². The predicted octanol–water partition coefficient (Wildman–Crippen LogP) is 3.60. The molecule has 0 aliphatic carbocycles. The van der Waals surface area contributed by atoms with E-state index in [9.17, 15) is 4.39 Å². The van der Waals surface area contributed by atoms with Crippen molar-refractivity contribution in [3.63, 3.8) is 0 Å². The van der Waals surface area contributed by atoms with Gasteiger partial charge in [-0.25, -0.2) is 4.39 Å². The summed E-state index contributed by atoms with van der Waals surface area (Å²) in [6.45, 7) is 7.83. The second kappa shape index (κ2) is 7.07. The molecule has 0 saturated heterocycles. The molecular formula is C14H22ClFN2. The Morgan fingerprint density at radius 3 is 2.50 bits per heavy atom. The van der Waals surface area contributed by atoms with Gasteiger partial charge in [0.25, 0.3) is 0 Å². The standard InChI is InChI=1S/C14H22ClFN2/c1-4-7-18(10(2)3)14(9-17)12-6-5-11(16)8-13(12)15/h5-6,8,10,14H,4,7,9,17H2,1-3H3. The fourth-order valence-corrected chi connectivity index (χ4v) is 2.54. The number of hydrogen-bond donors (Lipinski definition) is 1. The third-order valence-electron chi connectivity index (χ3n) is 3.09. The van der Waals surface area contributed by atoms with E-state index in [0.717, 1.165) is 18.5 Å². The van der Waals surface area contributed by atoms with Gasteiger partial charge in [-0.3, -0.25) is 4.90 Å². The summed E-state index contributed by atoms with van der Waals surface area (Å²) in [7, 11) is 0. The van der Waals surface area contributed by atoms with E-state index in [2.05, 4.69) is 25.7 Å². The van der Waals surface area contributed by atoms with Crippen molar-refractivity contribution < 1.29 is 4.39 Å². The molecule has 0 saturated carbocycles. The highest BCUT2D eigenvalue weighted by molar-refractivity contribution is 6.31. The van der Waals surface area contributed by atoms with Crippen molar-refractivity contribution in [1.29, 1.82) is 0 Å². The molecule has 1 aromatic rings. The Bertz CT molecular complexity index is 382. The van der Waals surface area contributed by atoms with Gasteiger partial charge in [0.2, 0.25) is 0 Å². The molecule has 2 nitrogen and oxygen atoms in total. The number of halogens is 2. The highest BCUT2D eigenvalue weighted by atomic mass is 35.5. The molecule has 1 rings (SSSR count). The molecule has 0 bridgehead atoms. The zero-order valence-corrected chi connectivity index (χ0v) is 12.0. The van der Waals surface area contributed by atoms with Crippen molar-refractivity contribution in [1.82, 2.24) is 4.90 Å². The Kier molecular flexibility index (Phi) is 6.06. The highest BCUT2D eigenvalue weighted by Crippen LogP contribution is 2.29. The smallest absolute Gasteiger partial charge is 0.124 e. The number of hydrogen-bond acceptors (Lipinski definition) is 2. The first-order chi connectivity index (χ1) is 8.51. The SMILES string of the molecule is CCCN(C(C)C)C(CN)c1ccc(F)cc1Cl. The lowest BCUT2D eigenvalue weighted by Crippen LogP contribution is -2.39. The lowest BCUT2D eigenvalue weighted by molar-refractivity contribution is 0.157. The van der Waals surface area contributed by atoms with Crippen molar-refractivity contribution in [2.45, 2.75) is 39.3 Å². The van der Waals surface area contributed by atoms with Gasteiger partial charge in [-0.15, -0.1) is 0 Å². The average Bonchev–Trinajstić information content (AvgIpc) is 2.31. The molecule has 2 N–H and O–H groups in total. The van der Waals surface area contributed by atoms with Gasteiger partial charge in [-0.2, -0.15) is 0 Å². The largest absolute Gasteiger partial charge is 0.329 e. The van der Waals surface area contributed by atoms with Gasteiger partial charge < -0.3 is 5.73 Å². The number of nitrogens with zero attached hydrogens (tertiary/aromatic N) is 1. The van der Waals surface area contributed by atoms with Gasteiger partial charge >= 0.3 is 0 Å². The lowest BCUT2D eigenvalue weighted by Gasteiger charge is -2.34. The molecule has 0 aliphatic rings. The maximum atomic E-state index is 13.1. The van der Waals surface area contributed by atoms with E-state index in [-0.39, 0.29) is 11.9 Å². The van der Waals surface area contributed by atoms with Crippen LogP contribution in [0.1, 0.15) is 38.8 Å². The molecule has 4 heteroatoms. The van der Waals surface area contributed by atoms with Crippen LogP contribution in [-0.4, -0.2) is 24.0 Å². The molecule has 102 valence electrons. The van der Waals surface area contributed by atoms with E-state index in [1.54, 1.807) is 6.07 Å². The highest BCUT2D eigenvalue weighted by Gasteiger charge is 2.23. The summed E-state index contributed by atoms with van der Waals surface area (Å²) in [6.07, 6.45) is 1.05. The first kappa shape index (κ1) is 15.4. The van der Waals surface area contributed by atoms with Crippen LogP contribution in [0.3, 0.4) is 0 Å². The van der Waals surface area contributed by atoms with E-state index < -0.39 is 0 Å². The van der Waals surface area contributed by atoms with Gasteiger partial charge in [0.05, 0.1) is 0 Å². The molecule has 0 aromatic heterocycles. The maximum Gasteiger partial charge on any atom is 0.124 e. The summed E-state index contributed by atoms with van der Waals surface area (Å²) < 4.78 is 13.1. The van der Waals surface area contributed by atoms with Crippen LogP contribution in [0, 0.1) is 5.82 Å². The molecule has 0 aliphatic heterocycles. The quantitative estimate of drug-likeness (QED) is 0.857. The zero-order valence-electron chi connectivity index (χ0n) is 11.3. The Labute approximate surface area is 114 Å². The third-order valence-corrected chi connectivity index (χ3v) is 3.42. The predicted molar refractivity (Wildman–Crippen MR) is 75.3 cm³/mol. The topological polar surface area (TPSA) is 29.3 Å². The van der Waals surface area contributed by atoms with E-state index in [1.807, 2.05) is 0 Å². The first-order valence-corrected chi connectivity index (χ1v) is 6.79. The minimum atomic E-state index is -0.314. The van der Waals surface area contributed by atoms with Gasteiger partial charge in [0.1, 0.15) is 5.82 Å². The molecule has 1 aromatic carbocycles. The van der Waals surface area contributed by atoms with Crippen molar-refractivity contribution in [3.8, 4) is 0 Å². The normalized spacial score (nSPS) is 13.3. The van der Waals surface area contributed by atoms with Crippen LogP contribution in [0.5, 0.6) is 0 Å². The first-order valence-electron chi connectivity index (χ1n) is 6.42. The third kappa shape index (κ3) is 3.67. The maximum absolute atomic E-state index is 13.1. The lowest BCUT2D eigenvalue weighted by atomic mass is 10.0. The fourth-order valence-electron chi connectivity index (χ4n) is 2.24. The van der Waals surface area contributed by atoms with E-state index in [0.29, 0.717) is 17.6 Å². The molecule has 18 heavy (non-hydrogen) atoms. The van der Waals surface area contributed by atoms with Crippen molar-refractivity contribution in [3.05, 3.63) is 34.6 Å². The van der Waals surface area contributed by atoms with Crippen molar-refractivity contribution in [2.75, 3.05) is 13.1 Å². The molecule has 0 radical (unpaired) electrons. The average molecular weight is 273 g/mol. The summed E-state index contributed by atoms with van der Waals surface area (Å²) in [5.74, 6) is -0.314. The monoisotopic (exact) mass is 272 g/mol. The second-order valence-electron chi connectivity index (χ2n) is 4.75. The molecule has 1 unspecified atom stereocenters. The number of nitrogens with two attached hydrogens (primary N) is 1. The summed E-state index contributed by atoms with van der Waals surface area (Å²) in [5, 5.41) is 0.451. The second-order valence-corrected chi connectivity index (χ2v) is 5.16. The Hall–Kier alpha value is -0.640. The van der Waals surface area contributed by atoms with E-state index in [4.69, 9.17) is 17.3 Å². The fraction of sp³-hybridized carbons (Fsp3) is 0.571. The zero-order chi connectivity index (χ0) is 13.7. The molecular weight excluding hydrogens is 251 g/mol. The van der Waals surface area contributed by atoms with Gasteiger partial charge in [-0.1, -0.05) is 24.6 Å². The Balaban J connectivity index is 3.06. The molecule has 1 atom stereocenters. The summed E-state index contributed by atoms with van der Waals surface area (Å²) in [5.41, 5.74) is 6.79. The summed E-state index contributed by atoms with van der Waals surface area (Å²) in [4.78, 5) is 2.30. The van der Waals surface area contributed by atoms with Gasteiger partial charge in [0, 0.05) is 23.7 Å². The number of benzene rings is 1. The summed E-state index contributed by atoms with van der Waals surface area (Å²) in [6, 6.07) is 4.94. The van der Waals surface area contributed by atoms with Crippen molar-refractivity contribution >= 4 is 11.6 Å². The molecule has 0 spiro atoms. The Morgan fingerprint density at radius 2 is 2.06 bits per heavy atom. The van der Waals surface area contributed by atoms with Gasteiger partial charge in [-0.05, 0) is 44.5 Å². The molecule has 0 heterocycles. The van der Waals surface area contributed by atoms with E-state index >= 15 is 0 Å². The minimum Gasteiger partial charge on any atom is -0.329 e. The minimum absolute atomic E-state index is 0.0399. The van der Waals surface area contributed by atoms with Crippen LogP contribution in [0.4, 0.5) is 4.39 Å². The van der Waals surface area contributed by atoms with Crippen LogP contribution in [0.2, 0.25) is 5.02 Å². The van der Waals surface area contributed by atoms with Crippen LogP contribution in [0.25, 0.3) is 0 Å². The van der Waals surface area contributed by atoms with Gasteiger partial charge in [0.15, 0.2) is 0 Å². The molecule has 0 fully saturated rings. The summed E-state index contributed by atoms with van der Waals surface area (Å²) >= 11 is 6.13. The van der Waals surface area contributed by atoms with Crippen LogP contribution in [0.15, 0.2) is 18.2 Å². The van der Waals surface area contributed by atoms with Crippen LogP contribution >= 0.6 is 11.6 Å². The number of rotatable bonds is 6.